The minimum Gasteiger partial charge on any atom is -0.473 e. The Balaban J connectivity index is 1.51. The zero-order valence-corrected chi connectivity index (χ0v) is 18.8. The van der Waals surface area contributed by atoms with Crippen molar-refractivity contribution in [1.82, 2.24) is 10.6 Å². The van der Waals surface area contributed by atoms with E-state index in [4.69, 9.17) is 32.7 Å². The molecule has 4 atom stereocenters. The predicted molar refractivity (Wildman–Crippen MR) is 119 cm³/mol. The first-order valence-corrected chi connectivity index (χ1v) is 11.2. The quantitative estimate of drug-likeness (QED) is 0.379. The largest absolute Gasteiger partial charge is 0.473 e. The Labute approximate surface area is 198 Å². The van der Waals surface area contributed by atoms with Gasteiger partial charge in [0.25, 0.3) is 0 Å². The van der Waals surface area contributed by atoms with E-state index in [9.17, 15) is 18.0 Å². The number of ether oxygens (including phenoxy) is 2. The fourth-order valence-corrected chi connectivity index (χ4v) is 4.30. The van der Waals surface area contributed by atoms with E-state index in [0.717, 1.165) is 0 Å². The molecule has 2 aromatic carbocycles. The Morgan fingerprint density at radius 3 is 2.48 bits per heavy atom. The predicted octanol–water partition coefficient (Wildman–Crippen LogP) is 5.36. The summed E-state index contributed by atoms with van der Waals surface area (Å²) in [6.45, 7) is 0.00826. The number of nitrogens with one attached hydrogen (secondary N) is 3. The van der Waals surface area contributed by atoms with E-state index >= 15 is 0 Å². The number of rotatable bonds is 5. The second-order valence-electron chi connectivity index (χ2n) is 7.88. The summed E-state index contributed by atoms with van der Waals surface area (Å²) >= 11 is 12.1. The smallest absolute Gasteiger partial charge is 0.421 e. The van der Waals surface area contributed by atoms with Crippen LogP contribution in [0.5, 0.6) is 5.75 Å². The van der Waals surface area contributed by atoms with Crippen LogP contribution in [0.25, 0.3) is 0 Å². The van der Waals surface area contributed by atoms with Crippen LogP contribution in [0.4, 0.5) is 23.7 Å². The van der Waals surface area contributed by atoms with E-state index in [1.54, 1.807) is 30.3 Å². The first-order chi connectivity index (χ1) is 15.7. The fourth-order valence-electron chi connectivity index (χ4n) is 3.92. The van der Waals surface area contributed by atoms with Crippen molar-refractivity contribution in [3.05, 3.63) is 59.1 Å². The molecular formula is C22H22Cl2F3N3O3. The van der Waals surface area contributed by atoms with Crippen LogP contribution in [-0.4, -0.2) is 36.6 Å². The topological polar surface area (TPSA) is 71.6 Å². The summed E-state index contributed by atoms with van der Waals surface area (Å²) in [7, 11) is 0. The maximum absolute atomic E-state index is 13.9. The van der Waals surface area contributed by atoms with Crippen molar-refractivity contribution in [3.63, 3.8) is 0 Å². The molecule has 2 aliphatic heterocycles. The van der Waals surface area contributed by atoms with Gasteiger partial charge in [-0.3, -0.25) is 5.32 Å². The van der Waals surface area contributed by atoms with E-state index in [0.29, 0.717) is 23.6 Å². The van der Waals surface area contributed by atoms with Crippen LogP contribution in [0.15, 0.2) is 48.5 Å². The minimum atomic E-state index is -4.60. The Bertz CT molecular complexity index is 987. The van der Waals surface area contributed by atoms with Crippen molar-refractivity contribution in [3.8, 4) is 5.75 Å². The molecule has 0 aromatic heterocycles. The molecule has 2 fully saturated rings. The van der Waals surface area contributed by atoms with Gasteiger partial charge in [-0.05, 0) is 43.2 Å². The molecule has 0 aliphatic carbocycles. The summed E-state index contributed by atoms with van der Waals surface area (Å²) in [5.41, 5.74) is -2.44. The molecule has 2 aliphatic rings. The average Bonchev–Trinajstić information content (AvgIpc) is 2.71. The molecule has 2 aromatic rings. The summed E-state index contributed by atoms with van der Waals surface area (Å²) in [4.78, 5) is 12.5. The van der Waals surface area contributed by atoms with Crippen molar-refractivity contribution >= 4 is 34.9 Å². The van der Waals surface area contributed by atoms with Crippen molar-refractivity contribution in [2.45, 2.75) is 48.8 Å². The van der Waals surface area contributed by atoms with Gasteiger partial charge in [0.15, 0.2) is 11.8 Å². The molecule has 33 heavy (non-hydrogen) atoms. The normalized spacial score (nSPS) is 27.4. The standard InChI is InChI=1S/C22H22Cl2F3N3O3/c23-13-5-7-14(8-6-13)28-20(31)29-16-9-10-18(24)30-19(16)33-17-4-2-1-3-15(17)21(11-12-32-21)22(25,26)27/h1-8,16,18-19,30H,9-12H2,(H2,28,29,31). The van der Waals surface area contributed by atoms with Gasteiger partial charge >= 0.3 is 12.2 Å². The number of para-hydroxylation sites is 1. The van der Waals surface area contributed by atoms with E-state index in [1.165, 1.54) is 18.2 Å². The summed E-state index contributed by atoms with van der Waals surface area (Å²) < 4.78 is 52.6. The average molecular weight is 504 g/mol. The number of amides is 2. The molecular weight excluding hydrogens is 482 g/mol. The molecule has 0 saturated carbocycles. The number of hydrogen-bond donors (Lipinski definition) is 3. The summed E-state index contributed by atoms with van der Waals surface area (Å²) in [5, 5.41) is 9.04. The molecule has 178 valence electrons. The molecule has 6 nitrogen and oxygen atoms in total. The summed E-state index contributed by atoms with van der Waals surface area (Å²) in [6.07, 6.45) is -4.66. The second-order valence-corrected chi connectivity index (χ2v) is 8.84. The molecule has 0 bridgehead atoms. The fraction of sp³-hybridized carbons (Fsp3) is 0.409. The molecule has 0 radical (unpaired) electrons. The molecule has 2 heterocycles. The highest BCUT2D eigenvalue weighted by molar-refractivity contribution is 6.30. The van der Waals surface area contributed by atoms with E-state index in [-0.39, 0.29) is 24.3 Å². The third-order valence-corrected chi connectivity index (χ3v) is 6.29. The maximum atomic E-state index is 13.9. The van der Waals surface area contributed by atoms with Gasteiger partial charge in [-0.25, -0.2) is 4.79 Å². The van der Waals surface area contributed by atoms with Crippen LogP contribution in [0.2, 0.25) is 5.02 Å². The van der Waals surface area contributed by atoms with Crippen LogP contribution >= 0.6 is 23.2 Å². The van der Waals surface area contributed by atoms with Crippen molar-refractivity contribution < 1.29 is 27.4 Å². The van der Waals surface area contributed by atoms with Gasteiger partial charge in [-0.2, -0.15) is 13.2 Å². The molecule has 4 unspecified atom stereocenters. The number of urea groups is 1. The molecule has 2 saturated heterocycles. The maximum Gasteiger partial charge on any atom is 0.421 e. The van der Waals surface area contributed by atoms with Gasteiger partial charge in [0.1, 0.15) is 5.75 Å². The number of halogens is 5. The Hall–Kier alpha value is -2.20. The number of hydrogen-bond acceptors (Lipinski definition) is 4. The van der Waals surface area contributed by atoms with Crippen LogP contribution < -0.4 is 20.7 Å². The lowest BCUT2D eigenvalue weighted by Crippen LogP contribution is -2.59. The SMILES string of the molecule is O=C(Nc1ccc(Cl)cc1)NC1CCC(Cl)NC1Oc1ccccc1C1(C(F)(F)F)CCO1. The number of benzene rings is 2. The summed E-state index contributed by atoms with van der Waals surface area (Å²) in [5.74, 6) is 0.0164. The lowest BCUT2D eigenvalue weighted by Gasteiger charge is -2.44. The Morgan fingerprint density at radius 2 is 1.85 bits per heavy atom. The lowest BCUT2D eigenvalue weighted by atomic mass is 9.85. The molecule has 2 amide bonds. The third-order valence-electron chi connectivity index (χ3n) is 5.70. The van der Waals surface area contributed by atoms with Crippen LogP contribution in [0.1, 0.15) is 24.8 Å². The van der Waals surface area contributed by atoms with Crippen molar-refractivity contribution in [2.24, 2.45) is 0 Å². The number of anilines is 1. The van der Waals surface area contributed by atoms with Gasteiger partial charge in [-0.15, -0.1) is 11.6 Å². The van der Waals surface area contributed by atoms with Crippen LogP contribution in [0.3, 0.4) is 0 Å². The minimum absolute atomic E-state index is 0.00826. The van der Waals surface area contributed by atoms with Crippen molar-refractivity contribution in [1.29, 1.82) is 0 Å². The first-order valence-electron chi connectivity index (χ1n) is 10.4. The van der Waals surface area contributed by atoms with Crippen LogP contribution in [0, 0.1) is 0 Å². The van der Waals surface area contributed by atoms with Crippen molar-refractivity contribution in [2.75, 3.05) is 11.9 Å². The second kappa shape index (κ2) is 9.58. The highest BCUT2D eigenvalue weighted by Crippen LogP contribution is 2.52. The highest BCUT2D eigenvalue weighted by Gasteiger charge is 2.62. The molecule has 4 rings (SSSR count). The zero-order valence-electron chi connectivity index (χ0n) is 17.3. The molecule has 3 N–H and O–H groups in total. The van der Waals surface area contributed by atoms with Gasteiger partial charge in [0, 0.05) is 22.7 Å². The van der Waals surface area contributed by atoms with Crippen LogP contribution in [-0.2, 0) is 10.3 Å². The number of carbonyl (C=O) groups is 1. The van der Waals surface area contributed by atoms with E-state index in [2.05, 4.69) is 16.0 Å². The van der Waals surface area contributed by atoms with Gasteiger partial charge in [0.2, 0.25) is 0 Å². The third kappa shape index (κ3) is 5.16. The zero-order chi connectivity index (χ0) is 23.6. The lowest BCUT2D eigenvalue weighted by molar-refractivity contribution is -0.334. The van der Waals surface area contributed by atoms with Gasteiger partial charge in [0.05, 0.1) is 18.1 Å². The Kier molecular flexibility index (Phi) is 6.95. The number of carbonyl (C=O) groups excluding carboxylic acids is 1. The Morgan fingerprint density at radius 1 is 1.15 bits per heavy atom. The monoisotopic (exact) mass is 503 g/mol. The van der Waals surface area contributed by atoms with Gasteiger partial charge in [-0.1, -0.05) is 29.8 Å². The molecule has 0 spiro atoms. The van der Waals surface area contributed by atoms with Gasteiger partial charge < -0.3 is 20.1 Å². The first kappa shape index (κ1) is 23.9. The summed E-state index contributed by atoms with van der Waals surface area (Å²) in [6, 6.07) is 11.4. The van der Waals surface area contributed by atoms with E-state index in [1.807, 2.05) is 0 Å². The van der Waals surface area contributed by atoms with E-state index < -0.39 is 35.6 Å². The number of alkyl halides is 4. The highest BCUT2D eigenvalue weighted by atomic mass is 35.5. The number of piperidine rings is 1. The molecule has 11 heteroatoms.